The van der Waals surface area contributed by atoms with E-state index >= 15 is 0 Å². The van der Waals surface area contributed by atoms with E-state index in [9.17, 15) is 9.18 Å². The average Bonchev–Trinajstić information content (AvgIpc) is 2.58. The molecule has 1 aliphatic rings. The summed E-state index contributed by atoms with van der Waals surface area (Å²) in [5, 5.41) is 0. The van der Waals surface area contributed by atoms with Crippen molar-refractivity contribution in [3.63, 3.8) is 0 Å². The second-order valence-electron chi connectivity index (χ2n) is 6.05. The first-order chi connectivity index (χ1) is 11.1. The molecule has 0 spiro atoms. The zero-order valence-electron chi connectivity index (χ0n) is 13.3. The molecule has 0 aromatic heterocycles. The molecule has 0 aliphatic carbocycles. The van der Waals surface area contributed by atoms with Crippen LogP contribution in [-0.2, 0) is 11.2 Å². The number of piperazine rings is 1. The molecule has 0 saturated carbocycles. The van der Waals surface area contributed by atoms with Crippen LogP contribution < -0.4 is 0 Å². The Labute approximate surface area is 136 Å². The normalized spacial score (nSPS) is 18.9. The van der Waals surface area contributed by atoms with E-state index in [1.54, 1.807) is 12.1 Å². The smallest absolute Gasteiger partial charge is 0.227 e. The van der Waals surface area contributed by atoms with Gasteiger partial charge in [-0.15, -0.1) is 0 Å². The van der Waals surface area contributed by atoms with Crippen molar-refractivity contribution in [3.8, 4) is 0 Å². The second-order valence-corrected chi connectivity index (χ2v) is 6.05. The van der Waals surface area contributed by atoms with E-state index < -0.39 is 0 Å². The lowest BCUT2D eigenvalue weighted by Crippen LogP contribution is -2.49. The van der Waals surface area contributed by atoms with Crippen molar-refractivity contribution < 1.29 is 9.18 Å². The maximum atomic E-state index is 13.0. The standard InChI is InChI=1S/C19H21FN2O/c1-21-11-12-22(14-18(21)16-5-3-2-4-6-16)19(23)13-15-7-9-17(20)10-8-15/h2-10,18H,11-14H2,1H3. The number of nitrogens with zero attached hydrogens (tertiary/aromatic N) is 2. The number of likely N-dealkylation sites (N-methyl/N-ethyl adjacent to an activating group) is 1. The van der Waals surface area contributed by atoms with Crippen LogP contribution in [0.5, 0.6) is 0 Å². The van der Waals surface area contributed by atoms with Crippen molar-refractivity contribution in [2.24, 2.45) is 0 Å². The highest BCUT2D eigenvalue weighted by Gasteiger charge is 2.28. The van der Waals surface area contributed by atoms with Crippen molar-refractivity contribution >= 4 is 5.91 Å². The third-order valence-corrected chi connectivity index (χ3v) is 4.45. The number of hydrogen-bond donors (Lipinski definition) is 0. The fourth-order valence-corrected chi connectivity index (χ4v) is 3.02. The van der Waals surface area contributed by atoms with Gasteiger partial charge in [-0.3, -0.25) is 9.69 Å². The van der Waals surface area contributed by atoms with Crippen LogP contribution in [0.3, 0.4) is 0 Å². The first-order valence-corrected chi connectivity index (χ1v) is 7.91. The van der Waals surface area contributed by atoms with Gasteiger partial charge in [0, 0.05) is 19.6 Å². The van der Waals surface area contributed by atoms with E-state index in [2.05, 4.69) is 24.1 Å². The van der Waals surface area contributed by atoms with Gasteiger partial charge in [0.25, 0.3) is 0 Å². The molecule has 120 valence electrons. The van der Waals surface area contributed by atoms with Crippen LogP contribution in [0.1, 0.15) is 17.2 Å². The van der Waals surface area contributed by atoms with Crippen molar-refractivity contribution in [3.05, 3.63) is 71.5 Å². The van der Waals surface area contributed by atoms with Crippen molar-refractivity contribution in [2.45, 2.75) is 12.5 Å². The van der Waals surface area contributed by atoms with Crippen molar-refractivity contribution in [2.75, 3.05) is 26.7 Å². The number of hydrogen-bond acceptors (Lipinski definition) is 2. The third-order valence-electron chi connectivity index (χ3n) is 4.45. The Bertz CT molecular complexity index is 657. The van der Waals surface area contributed by atoms with Crippen LogP contribution in [0.2, 0.25) is 0 Å². The minimum atomic E-state index is -0.273. The van der Waals surface area contributed by atoms with Crippen LogP contribution in [0.15, 0.2) is 54.6 Å². The molecule has 0 bridgehead atoms. The predicted octanol–water partition coefficient (Wildman–Crippen LogP) is 2.88. The summed E-state index contributed by atoms with van der Waals surface area (Å²) >= 11 is 0. The summed E-state index contributed by atoms with van der Waals surface area (Å²) in [6.07, 6.45) is 0.325. The van der Waals surface area contributed by atoms with Gasteiger partial charge in [0.15, 0.2) is 0 Å². The zero-order valence-corrected chi connectivity index (χ0v) is 13.3. The lowest BCUT2D eigenvalue weighted by Gasteiger charge is -2.39. The summed E-state index contributed by atoms with van der Waals surface area (Å²) in [7, 11) is 2.10. The molecular weight excluding hydrogens is 291 g/mol. The zero-order chi connectivity index (χ0) is 16.2. The molecule has 1 fully saturated rings. The molecule has 3 nitrogen and oxygen atoms in total. The summed E-state index contributed by atoms with van der Waals surface area (Å²) in [4.78, 5) is 16.8. The highest BCUT2D eigenvalue weighted by molar-refractivity contribution is 5.79. The lowest BCUT2D eigenvalue weighted by atomic mass is 10.0. The van der Waals surface area contributed by atoms with Gasteiger partial charge >= 0.3 is 0 Å². The van der Waals surface area contributed by atoms with Gasteiger partial charge in [-0.05, 0) is 30.3 Å². The highest BCUT2D eigenvalue weighted by atomic mass is 19.1. The Hall–Kier alpha value is -2.20. The summed E-state index contributed by atoms with van der Waals surface area (Å²) in [5.41, 5.74) is 2.08. The number of rotatable bonds is 3. The number of benzene rings is 2. The van der Waals surface area contributed by atoms with Gasteiger partial charge in [0.1, 0.15) is 5.82 Å². The largest absolute Gasteiger partial charge is 0.339 e. The molecule has 3 rings (SSSR count). The van der Waals surface area contributed by atoms with Crippen molar-refractivity contribution in [1.29, 1.82) is 0 Å². The molecule has 0 N–H and O–H groups in total. The monoisotopic (exact) mass is 312 g/mol. The van der Waals surface area contributed by atoms with Gasteiger partial charge < -0.3 is 4.90 Å². The maximum absolute atomic E-state index is 13.0. The molecule has 2 aromatic rings. The van der Waals surface area contributed by atoms with Crippen LogP contribution in [0, 0.1) is 5.82 Å². The summed E-state index contributed by atoms with van der Waals surface area (Å²) in [6.45, 7) is 2.29. The Morgan fingerprint density at radius 3 is 2.48 bits per heavy atom. The van der Waals surface area contributed by atoms with Crippen LogP contribution in [0.25, 0.3) is 0 Å². The summed E-state index contributed by atoms with van der Waals surface area (Å²) in [6, 6.07) is 16.7. The van der Waals surface area contributed by atoms with E-state index in [4.69, 9.17) is 0 Å². The van der Waals surface area contributed by atoms with Gasteiger partial charge in [-0.25, -0.2) is 4.39 Å². The third kappa shape index (κ3) is 3.77. The molecular formula is C19H21FN2O. The number of carbonyl (C=O) groups is 1. The van der Waals surface area contributed by atoms with Gasteiger partial charge in [0.2, 0.25) is 5.91 Å². The fraction of sp³-hybridized carbons (Fsp3) is 0.316. The Morgan fingerprint density at radius 2 is 1.78 bits per heavy atom. The Balaban J connectivity index is 1.68. The molecule has 1 atom stereocenters. The topological polar surface area (TPSA) is 23.6 Å². The number of amides is 1. The van der Waals surface area contributed by atoms with Crippen LogP contribution in [-0.4, -0.2) is 42.4 Å². The predicted molar refractivity (Wildman–Crippen MR) is 88.5 cm³/mol. The Kier molecular flexibility index (Phi) is 4.72. The molecule has 1 saturated heterocycles. The first kappa shape index (κ1) is 15.7. The molecule has 4 heteroatoms. The van der Waals surface area contributed by atoms with Crippen molar-refractivity contribution in [1.82, 2.24) is 9.80 Å². The highest BCUT2D eigenvalue weighted by Crippen LogP contribution is 2.24. The number of halogens is 1. The molecule has 23 heavy (non-hydrogen) atoms. The second kappa shape index (κ2) is 6.92. The molecule has 1 unspecified atom stereocenters. The van der Waals surface area contributed by atoms with E-state index in [1.807, 2.05) is 23.1 Å². The van der Waals surface area contributed by atoms with E-state index in [0.29, 0.717) is 13.0 Å². The fourth-order valence-electron chi connectivity index (χ4n) is 3.02. The minimum Gasteiger partial charge on any atom is -0.339 e. The average molecular weight is 312 g/mol. The van der Waals surface area contributed by atoms with E-state index in [1.165, 1.54) is 17.7 Å². The molecule has 1 aliphatic heterocycles. The molecule has 0 radical (unpaired) electrons. The SMILES string of the molecule is CN1CCN(C(=O)Cc2ccc(F)cc2)CC1c1ccccc1. The van der Waals surface area contributed by atoms with E-state index in [-0.39, 0.29) is 17.8 Å². The summed E-state index contributed by atoms with van der Waals surface area (Å²) in [5.74, 6) is -0.171. The first-order valence-electron chi connectivity index (χ1n) is 7.91. The minimum absolute atomic E-state index is 0.102. The quantitative estimate of drug-likeness (QED) is 0.870. The number of carbonyl (C=O) groups excluding carboxylic acids is 1. The molecule has 1 amide bonds. The maximum Gasteiger partial charge on any atom is 0.227 e. The molecule has 1 heterocycles. The van der Waals surface area contributed by atoms with Gasteiger partial charge in [-0.2, -0.15) is 0 Å². The van der Waals surface area contributed by atoms with Gasteiger partial charge in [0.05, 0.1) is 12.5 Å². The summed E-state index contributed by atoms with van der Waals surface area (Å²) < 4.78 is 13.0. The van der Waals surface area contributed by atoms with Crippen LogP contribution in [0.4, 0.5) is 4.39 Å². The Morgan fingerprint density at radius 1 is 1.09 bits per heavy atom. The van der Waals surface area contributed by atoms with Gasteiger partial charge in [-0.1, -0.05) is 42.5 Å². The van der Waals surface area contributed by atoms with E-state index in [0.717, 1.165) is 18.7 Å². The van der Waals surface area contributed by atoms with Crippen LogP contribution >= 0.6 is 0 Å². The molecule has 2 aromatic carbocycles. The lowest BCUT2D eigenvalue weighted by molar-refractivity contribution is -0.133.